The lowest BCUT2D eigenvalue weighted by Crippen LogP contribution is -2.23. The van der Waals surface area contributed by atoms with Gasteiger partial charge in [0, 0.05) is 0 Å². The van der Waals surface area contributed by atoms with E-state index < -0.39 is 50.4 Å². The first-order chi connectivity index (χ1) is 8.80. The van der Waals surface area contributed by atoms with Crippen molar-refractivity contribution in [1.29, 1.82) is 0 Å². The van der Waals surface area contributed by atoms with Crippen LogP contribution in [0.25, 0.3) is 0 Å². The summed E-state index contributed by atoms with van der Waals surface area (Å²) in [7, 11) is -4.56. The number of rotatable bonds is 2. The number of benzene rings is 1. The zero-order valence-electron chi connectivity index (χ0n) is 9.93. The Morgan fingerprint density at radius 1 is 1.05 bits per heavy atom. The van der Waals surface area contributed by atoms with Crippen LogP contribution in [-0.2, 0) is 28.8 Å². The van der Waals surface area contributed by atoms with Crippen LogP contribution < -0.4 is 5.14 Å². The Labute approximate surface area is 110 Å². The molecule has 1 aromatic rings. The highest BCUT2D eigenvalue weighted by Gasteiger charge is 2.45. The van der Waals surface area contributed by atoms with E-state index in [2.05, 4.69) is 0 Å². The fraction of sp³-hybridized carbons (Fsp3) is 0.400. The van der Waals surface area contributed by atoms with Crippen molar-refractivity contribution in [3.05, 3.63) is 28.8 Å². The molecule has 0 aromatic heterocycles. The molecule has 0 radical (unpaired) electrons. The Morgan fingerprint density at radius 3 is 1.85 bits per heavy atom. The molecule has 20 heavy (non-hydrogen) atoms. The lowest BCUT2D eigenvalue weighted by Gasteiger charge is -2.20. The van der Waals surface area contributed by atoms with Gasteiger partial charge >= 0.3 is 12.4 Å². The molecule has 0 unspecified atom stereocenters. The van der Waals surface area contributed by atoms with Gasteiger partial charge in [-0.1, -0.05) is 6.92 Å². The summed E-state index contributed by atoms with van der Waals surface area (Å²) in [6.07, 6.45) is -11.2. The molecule has 0 saturated carbocycles. The van der Waals surface area contributed by atoms with Crippen LogP contribution in [0.4, 0.5) is 26.3 Å². The van der Waals surface area contributed by atoms with E-state index in [0.29, 0.717) is 6.07 Å². The molecule has 0 aliphatic carbocycles. The van der Waals surface area contributed by atoms with Crippen molar-refractivity contribution < 1.29 is 34.8 Å². The molecule has 10 heteroatoms. The smallest absolute Gasteiger partial charge is 0.225 e. The molecule has 0 aliphatic heterocycles. The number of sulfonamides is 1. The third-order valence-electron chi connectivity index (χ3n) is 2.52. The number of hydrogen-bond acceptors (Lipinski definition) is 2. The Morgan fingerprint density at radius 2 is 1.55 bits per heavy atom. The van der Waals surface area contributed by atoms with Gasteiger partial charge in [0.1, 0.15) is 0 Å². The van der Waals surface area contributed by atoms with Gasteiger partial charge in [-0.15, -0.1) is 0 Å². The molecule has 1 rings (SSSR count). The summed E-state index contributed by atoms with van der Waals surface area (Å²) in [5, 5.41) is 4.73. The van der Waals surface area contributed by atoms with Gasteiger partial charge in [-0.05, 0) is 24.1 Å². The number of nitrogens with two attached hydrogens (primary N) is 1. The summed E-state index contributed by atoms with van der Waals surface area (Å²) in [6, 6.07) is 0.508. The molecule has 0 fully saturated rings. The highest BCUT2D eigenvalue weighted by Crippen LogP contribution is 2.43. The molecular formula is C10H9F6NO2S. The normalized spacial score (nSPS) is 13.6. The van der Waals surface area contributed by atoms with Crippen molar-refractivity contribution in [2.75, 3.05) is 0 Å². The molecule has 0 aliphatic rings. The SMILES string of the molecule is CCc1c(S(N)(=O)=O)ccc(C(F)(F)F)c1C(F)(F)F. The molecule has 0 spiro atoms. The zero-order chi connectivity index (χ0) is 15.9. The van der Waals surface area contributed by atoms with Gasteiger partial charge in [0.15, 0.2) is 0 Å². The predicted octanol–water partition coefficient (Wildman–Crippen LogP) is 2.93. The highest BCUT2D eigenvalue weighted by molar-refractivity contribution is 7.89. The second-order valence-corrected chi connectivity index (χ2v) is 5.39. The van der Waals surface area contributed by atoms with Crippen LogP contribution in [0.3, 0.4) is 0 Å². The minimum Gasteiger partial charge on any atom is -0.225 e. The molecule has 1 aromatic carbocycles. The van der Waals surface area contributed by atoms with E-state index in [1.165, 1.54) is 0 Å². The summed E-state index contributed by atoms with van der Waals surface area (Å²) in [5.41, 5.74) is -4.94. The van der Waals surface area contributed by atoms with Crippen LogP contribution in [-0.4, -0.2) is 8.42 Å². The molecular weight excluding hydrogens is 312 g/mol. The van der Waals surface area contributed by atoms with Gasteiger partial charge in [-0.2, -0.15) is 26.3 Å². The quantitative estimate of drug-likeness (QED) is 0.852. The Kier molecular flexibility index (Phi) is 4.12. The minimum atomic E-state index is -5.35. The van der Waals surface area contributed by atoms with Gasteiger partial charge in [-0.25, -0.2) is 13.6 Å². The molecule has 0 bridgehead atoms. The van der Waals surface area contributed by atoms with E-state index in [9.17, 15) is 34.8 Å². The van der Waals surface area contributed by atoms with Crippen molar-refractivity contribution >= 4 is 10.0 Å². The summed E-state index contributed by atoms with van der Waals surface area (Å²) in [6.45, 7) is 1.11. The van der Waals surface area contributed by atoms with E-state index in [1.54, 1.807) is 0 Å². The first-order valence-electron chi connectivity index (χ1n) is 5.13. The fourth-order valence-electron chi connectivity index (χ4n) is 1.81. The Bertz CT molecular complexity index is 618. The molecule has 0 heterocycles. The number of primary sulfonamides is 1. The van der Waals surface area contributed by atoms with Gasteiger partial charge in [0.2, 0.25) is 10.0 Å². The lowest BCUT2D eigenvalue weighted by molar-refractivity contribution is -0.162. The van der Waals surface area contributed by atoms with Crippen molar-refractivity contribution in [1.82, 2.24) is 0 Å². The number of halogens is 6. The first kappa shape index (κ1) is 16.8. The van der Waals surface area contributed by atoms with Gasteiger partial charge in [0.05, 0.1) is 16.0 Å². The average molecular weight is 321 g/mol. The van der Waals surface area contributed by atoms with Crippen molar-refractivity contribution in [2.45, 2.75) is 30.6 Å². The van der Waals surface area contributed by atoms with Gasteiger partial charge < -0.3 is 0 Å². The highest BCUT2D eigenvalue weighted by atomic mass is 32.2. The standard InChI is InChI=1S/C10H9F6NO2S/c1-2-5-7(20(17,18)19)4-3-6(9(11,12)13)8(5)10(14,15)16/h3-4H,2H2,1H3,(H2,17,18,19). The second kappa shape index (κ2) is 4.92. The van der Waals surface area contributed by atoms with E-state index in [-0.39, 0.29) is 6.07 Å². The van der Waals surface area contributed by atoms with Crippen LogP contribution in [0, 0.1) is 0 Å². The van der Waals surface area contributed by atoms with E-state index in [0.717, 1.165) is 6.92 Å². The van der Waals surface area contributed by atoms with E-state index in [4.69, 9.17) is 5.14 Å². The Balaban J connectivity index is 3.89. The third kappa shape index (κ3) is 3.23. The molecule has 0 saturated heterocycles. The van der Waals surface area contributed by atoms with Crippen LogP contribution >= 0.6 is 0 Å². The first-order valence-corrected chi connectivity index (χ1v) is 6.67. The van der Waals surface area contributed by atoms with Crippen LogP contribution in [0.5, 0.6) is 0 Å². The predicted molar refractivity (Wildman–Crippen MR) is 57.2 cm³/mol. The molecule has 3 nitrogen and oxygen atoms in total. The molecule has 2 N–H and O–H groups in total. The topological polar surface area (TPSA) is 60.2 Å². The number of alkyl halides is 6. The maximum atomic E-state index is 12.9. The monoisotopic (exact) mass is 321 g/mol. The summed E-state index contributed by atoms with van der Waals surface area (Å²) in [4.78, 5) is -0.958. The summed E-state index contributed by atoms with van der Waals surface area (Å²) >= 11 is 0. The molecule has 0 atom stereocenters. The maximum Gasteiger partial charge on any atom is 0.417 e. The average Bonchev–Trinajstić information content (AvgIpc) is 2.23. The Hall–Kier alpha value is -1.29. The largest absolute Gasteiger partial charge is 0.417 e. The third-order valence-corrected chi connectivity index (χ3v) is 3.51. The molecule has 0 amide bonds. The van der Waals surface area contributed by atoms with Crippen LogP contribution in [0.1, 0.15) is 23.6 Å². The summed E-state index contributed by atoms with van der Waals surface area (Å²) < 4.78 is 98.9. The summed E-state index contributed by atoms with van der Waals surface area (Å²) in [5.74, 6) is 0. The van der Waals surface area contributed by atoms with Crippen LogP contribution in [0.2, 0.25) is 0 Å². The fourth-order valence-corrected chi connectivity index (χ4v) is 2.65. The zero-order valence-corrected chi connectivity index (χ0v) is 10.7. The van der Waals surface area contributed by atoms with Crippen LogP contribution in [0.15, 0.2) is 17.0 Å². The maximum absolute atomic E-state index is 12.9. The van der Waals surface area contributed by atoms with E-state index >= 15 is 0 Å². The number of hydrogen-bond donors (Lipinski definition) is 1. The van der Waals surface area contributed by atoms with Gasteiger partial charge in [-0.3, -0.25) is 0 Å². The minimum absolute atomic E-state index is 0.0712. The van der Waals surface area contributed by atoms with Crippen molar-refractivity contribution in [2.24, 2.45) is 5.14 Å². The second-order valence-electron chi connectivity index (χ2n) is 3.86. The van der Waals surface area contributed by atoms with Crippen molar-refractivity contribution in [3.63, 3.8) is 0 Å². The van der Waals surface area contributed by atoms with E-state index in [1.807, 2.05) is 0 Å². The molecule has 114 valence electrons. The van der Waals surface area contributed by atoms with Crippen molar-refractivity contribution in [3.8, 4) is 0 Å². The van der Waals surface area contributed by atoms with Gasteiger partial charge in [0.25, 0.3) is 0 Å². The lowest BCUT2D eigenvalue weighted by atomic mass is 9.98.